The monoisotopic (exact) mass is 374 g/mol. The van der Waals surface area contributed by atoms with E-state index in [1.807, 2.05) is 32.0 Å². The zero-order valence-corrected chi connectivity index (χ0v) is 14.3. The van der Waals surface area contributed by atoms with Gasteiger partial charge in [0.15, 0.2) is 0 Å². The van der Waals surface area contributed by atoms with Crippen LogP contribution in [0.4, 0.5) is 11.5 Å². The first-order valence-electron chi connectivity index (χ1n) is 7.43. The van der Waals surface area contributed by atoms with Crippen LogP contribution in [0.5, 0.6) is 0 Å². The molecular weight excluding hydrogens is 360 g/mol. The average molecular weight is 375 g/mol. The van der Waals surface area contributed by atoms with Gasteiger partial charge in [0.05, 0.1) is 6.20 Å². The van der Waals surface area contributed by atoms with Crippen molar-refractivity contribution in [1.29, 1.82) is 0 Å². The Morgan fingerprint density at radius 3 is 2.78 bits per heavy atom. The molecule has 0 aliphatic carbocycles. The minimum Gasteiger partial charge on any atom is -0.325 e. The van der Waals surface area contributed by atoms with E-state index in [1.54, 1.807) is 10.9 Å². The molecule has 3 heterocycles. The lowest BCUT2D eigenvalue weighted by Crippen LogP contribution is -2.43. The number of nitrogens with zero attached hydrogens (tertiary/aromatic N) is 2. The number of amides is 2. The molecule has 0 bridgehead atoms. The fraction of sp³-hybridized carbons (Fsp3) is 0.312. The summed E-state index contributed by atoms with van der Waals surface area (Å²) in [6, 6.07) is 5.72. The molecule has 6 nitrogen and oxygen atoms in total. The first-order valence-corrected chi connectivity index (χ1v) is 8.22. The van der Waals surface area contributed by atoms with Gasteiger partial charge in [0.1, 0.15) is 11.2 Å². The number of anilines is 2. The van der Waals surface area contributed by atoms with Gasteiger partial charge < -0.3 is 10.6 Å². The summed E-state index contributed by atoms with van der Waals surface area (Å²) in [7, 11) is 0. The summed E-state index contributed by atoms with van der Waals surface area (Å²) in [6.07, 6.45) is 1.78. The Kier molecular flexibility index (Phi) is 2.93. The number of carbonyl (C=O) groups is 2. The fourth-order valence-corrected chi connectivity index (χ4v) is 3.84. The number of rotatable bonds is 1. The van der Waals surface area contributed by atoms with Gasteiger partial charge in [0, 0.05) is 28.2 Å². The lowest BCUT2D eigenvalue weighted by Gasteiger charge is -2.32. The van der Waals surface area contributed by atoms with Gasteiger partial charge in [-0.3, -0.25) is 9.59 Å². The maximum atomic E-state index is 12.9. The predicted molar refractivity (Wildman–Crippen MR) is 89.4 cm³/mol. The van der Waals surface area contributed by atoms with Gasteiger partial charge in [-0.05, 0) is 37.6 Å². The summed E-state index contributed by atoms with van der Waals surface area (Å²) in [5.74, 6) is 0.257. The highest BCUT2D eigenvalue weighted by Crippen LogP contribution is 2.50. The van der Waals surface area contributed by atoms with Crippen molar-refractivity contribution in [1.82, 2.24) is 9.78 Å². The fourth-order valence-electron chi connectivity index (χ4n) is 3.48. The number of halogens is 1. The van der Waals surface area contributed by atoms with Crippen molar-refractivity contribution < 1.29 is 9.59 Å². The van der Waals surface area contributed by atoms with E-state index in [9.17, 15) is 9.59 Å². The molecule has 4 rings (SSSR count). The molecule has 0 fully saturated rings. The first kappa shape index (κ1) is 14.4. The molecule has 1 atom stereocenters. The topological polar surface area (TPSA) is 76.0 Å². The lowest BCUT2D eigenvalue weighted by molar-refractivity contribution is -0.125. The third-order valence-electron chi connectivity index (χ3n) is 4.51. The van der Waals surface area contributed by atoms with E-state index >= 15 is 0 Å². The average Bonchev–Trinajstić information content (AvgIpc) is 3.01. The van der Waals surface area contributed by atoms with Crippen molar-refractivity contribution in [3.05, 3.63) is 40.0 Å². The van der Waals surface area contributed by atoms with Crippen molar-refractivity contribution >= 4 is 39.2 Å². The number of nitrogens with one attached hydrogen (secondary N) is 2. The predicted octanol–water partition coefficient (Wildman–Crippen LogP) is 2.81. The second-order valence-corrected chi connectivity index (χ2v) is 7.14. The normalized spacial score (nSPS) is 22.1. The summed E-state index contributed by atoms with van der Waals surface area (Å²) >= 11 is 3.46. The van der Waals surface area contributed by atoms with E-state index < -0.39 is 5.41 Å². The molecule has 2 aromatic rings. The maximum Gasteiger partial charge on any atom is 0.240 e. The van der Waals surface area contributed by atoms with Gasteiger partial charge in [-0.1, -0.05) is 15.9 Å². The van der Waals surface area contributed by atoms with Crippen LogP contribution in [-0.4, -0.2) is 21.6 Å². The molecule has 1 aromatic carbocycles. The Morgan fingerprint density at radius 1 is 1.26 bits per heavy atom. The minimum atomic E-state index is -1.01. The molecule has 1 aromatic heterocycles. The van der Waals surface area contributed by atoms with Crippen LogP contribution >= 0.6 is 15.9 Å². The number of carbonyl (C=O) groups excluding carboxylic acids is 2. The van der Waals surface area contributed by atoms with Crippen LogP contribution < -0.4 is 10.6 Å². The highest BCUT2D eigenvalue weighted by Gasteiger charge is 2.54. The van der Waals surface area contributed by atoms with Gasteiger partial charge in [0.2, 0.25) is 11.8 Å². The van der Waals surface area contributed by atoms with Crippen LogP contribution in [0.3, 0.4) is 0 Å². The second kappa shape index (κ2) is 4.67. The number of hydrogen-bond donors (Lipinski definition) is 2. The van der Waals surface area contributed by atoms with Crippen LogP contribution in [-0.2, 0) is 15.0 Å². The quantitative estimate of drug-likeness (QED) is 0.805. The third kappa shape index (κ3) is 1.83. The summed E-state index contributed by atoms with van der Waals surface area (Å²) in [6.45, 7) is 3.97. The molecule has 2 aliphatic heterocycles. The van der Waals surface area contributed by atoms with Crippen LogP contribution in [0.25, 0.3) is 0 Å². The van der Waals surface area contributed by atoms with E-state index in [0.717, 1.165) is 21.3 Å². The number of benzene rings is 1. The zero-order chi connectivity index (χ0) is 16.4. The maximum absolute atomic E-state index is 12.9. The summed E-state index contributed by atoms with van der Waals surface area (Å²) in [4.78, 5) is 25.2. The number of hydrogen-bond acceptors (Lipinski definition) is 3. The SMILES string of the molecule is CC(C)n1ncc2c1NC(=O)C[C@]21C(=O)Nc2ccc(Br)cc21. The molecule has 0 saturated carbocycles. The van der Waals surface area contributed by atoms with E-state index in [2.05, 4.69) is 31.7 Å². The van der Waals surface area contributed by atoms with Crippen molar-refractivity contribution in [2.75, 3.05) is 10.6 Å². The molecule has 0 saturated heterocycles. The standard InChI is InChI=1S/C16H15BrN4O2/c1-8(2)21-14-11(7-18-21)16(6-13(22)20-14)10-5-9(17)3-4-12(10)19-15(16)23/h3-5,7-8H,6H2,1-2H3,(H,19,23)(H,20,22)/t16-/m1/s1. The van der Waals surface area contributed by atoms with E-state index in [4.69, 9.17) is 0 Å². The van der Waals surface area contributed by atoms with E-state index in [1.165, 1.54) is 0 Å². The summed E-state index contributed by atoms with van der Waals surface area (Å²) < 4.78 is 2.62. The van der Waals surface area contributed by atoms with Crippen LogP contribution in [0.1, 0.15) is 37.4 Å². The van der Waals surface area contributed by atoms with Gasteiger partial charge in [-0.15, -0.1) is 0 Å². The van der Waals surface area contributed by atoms with Gasteiger partial charge >= 0.3 is 0 Å². The molecule has 118 valence electrons. The Bertz CT molecular complexity index is 858. The highest BCUT2D eigenvalue weighted by atomic mass is 79.9. The number of aromatic nitrogens is 2. The van der Waals surface area contributed by atoms with E-state index in [-0.39, 0.29) is 24.3 Å². The van der Waals surface area contributed by atoms with Crippen molar-refractivity contribution in [2.45, 2.75) is 31.7 Å². The second-order valence-electron chi connectivity index (χ2n) is 6.22. The molecule has 23 heavy (non-hydrogen) atoms. The van der Waals surface area contributed by atoms with Crippen molar-refractivity contribution in [2.24, 2.45) is 0 Å². The highest BCUT2D eigenvalue weighted by molar-refractivity contribution is 9.10. The Balaban J connectivity index is 2.02. The molecule has 7 heteroatoms. The minimum absolute atomic E-state index is 0.0824. The van der Waals surface area contributed by atoms with Crippen molar-refractivity contribution in [3.63, 3.8) is 0 Å². The number of fused-ring (bicyclic) bond motifs is 4. The summed E-state index contributed by atoms with van der Waals surface area (Å²) in [5, 5.41) is 10.2. The Morgan fingerprint density at radius 2 is 2.04 bits per heavy atom. The Labute approximate surface area is 141 Å². The Hall–Kier alpha value is -2.15. The lowest BCUT2D eigenvalue weighted by atomic mass is 9.72. The molecule has 2 aliphatic rings. The molecule has 0 unspecified atom stereocenters. The smallest absolute Gasteiger partial charge is 0.240 e. The van der Waals surface area contributed by atoms with Gasteiger partial charge in [-0.2, -0.15) is 5.10 Å². The molecule has 2 N–H and O–H groups in total. The summed E-state index contributed by atoms with van der Waals surface area (Å²) in [5.41, 5.74) is 1.30. The first-order chi connectivity index (χ1) is 10.9. The van der Waals surface area contributed by atoms with Crippen LogP contribution in [0.15, 0.2) is 28.9 Å². The molecule has 2 amide bonds. The molecule has 1 spiro atoms. The largest absolute Gasteiger partial charge is 0.325 e. The van der Waals surface area contributed by atoms with Crippen LogP contribution in [0, 0.1) is 0 Å². The van der Waals surface area contributed by atoms with Crippen molar-refractivity contribution in [3.8, 4) is 0 Å². The molecule has 0 radical (unpaired) electrons. The van der Waals surface area contributed by atoms with Gasteiger partial charge in [-0.25, -0.2) is 4.68 Å². The van der Waals surface area contributed by atoms with Gasteiger partial charge in [0.25, 0.3) is 0 Å². The molecular formula is C16H15BrN4O2. The third-order valence-corrected chi connectivity index (χ3v) is 5.00. The zero-order valence-electron chi connectivity index (χ0n) is 12.7. The van der Waals surface area contributed by atoms with E-state index in [0.29, 0.717) is 5.82 Å². The van der Waals surface area contributed by atoms with Crippen LogP contribution in [0.2, 0.25) is 0 Å².